The lowest BCUT2D eigenvalue weighted by atomic mass is 10.0. The molecule has 1 heterocycles. The lowest BCUT2D eigenvalue weighted by Gasteiger charge is -2.04. The number of imidazole rings is 1. The van der Waals surface area contributed by atoms with E-state index >= 15 is 0 Å². The molecule has 0 aliphatic carbocycles. The van der Waals surface area contributed by atoms with Gasteiger partial charge >= 0.3 is 5.82 Å². The van der Waals surface area contributed by atoms with Crippen LogP contribution in [0.1, 0.15) is 5.82 Å². The molecular formula is C15H13N3O2. The molecule has 1 aromatic heterocycles. The summed E-state index contributed by atoms with van der Waals surface area (Å²) in [6.45, 7) is 1.77. The molecule has 0 radical (unpaired) electrons. The summed E-state index contributed by atoms with van der Waals surface area (Å²) >= 11 is 0. The molecule has 0 aliphatic heterocycles. The zero-order chi connectivity index (χ0) is 14.3. The monoisotopic (exact) mass is 267 g/mol. The third kappa shape index (κ3) is 1.75. The number of hydrogen-bond acceptors (Lipinski definition) is 3. The Hall–Kier alpha value is -2.69. The van der Waals surface area contributed by atoms with Crippen LogP contribution in [0.2, 0.25) is 0 Å². The Morgan fingerprint density at radius 2 is 1.85 bits per heavy atom. The smallest absolute Gasteiger partial charge is 0.350 e. The Morgan fingerprint density at radius 3 is 2.60 bits per heavy atom. The third-order valence-electron chi connectivity index (χ3n) is 3.51. The first-order valence-electron chi connectivity index (χ1n) is 6.25. The van der Waals surface area contributed by atoms with Crippen LogP contribution in [0.25, 0.3) is 22.0 Å². The number of fused-ring (bicyclic) bond motifs is 1. The molecule has 2 aromatic carbocycles. The second kappa shape index (κ2) is 4.45. The van der Waals surface area contributed by atoms with Crippen LogP contribution in [-0.4, -0.2) is 14.5 Å². The van der Waals surface area contributed by atoms with Gasteiger partial charge < -0.3 is 10.1 Å². The van der Waals surface area contributed by atoms with Gasteiger partial charge in [-0.25, -0.2) is 9.55 Å². The molecule has 20 heavy (non-hydrogen) atoms. The minimum absolute atomic E-state index is 0.0267. The molecule has 0 saturated carbocycles. The summed E-state index contributed by atoms with van der Waals surface area (Å²) in [6, 6.07) is 13.6. The van der Waals surface area contributed by atoms with E-state index in [1.165, 1.54) is 4.57 Å². The maximum atomic E-state index is 11.3. The molecule has 0 atom stereocenters. The first kappa shape index (κ1) is 12.3. The second-order valence-electron chi connectivity index (χ2n) is 4.67. The predicted octanol–water partition coefficient (Wildman–Crippen LogP) is 3.46. The molecular weight excluding hydrogens is 254 g/mol. The van der Waals surface area contributed by atoms with Gasteiger partial charge in [0.2, 0.25) is 0 Å². The van der Waals surface area contributed by atoms with Gasteiger partial charge in [0.05, 0.1) is 7.05 Å². The molecule has 0 N–H and O–H groups in total. The van der Waals surface area contributed by atoms with Crippen LogP contribution in [0.5, 0.6) is 0 Å². The Morgan fingerprint density at radius 1 is 1.15 bits per heavy atom. The van der Waals surface area contributed by atoms with Gasteiger partial charge in [-0.15, -0.1) is 0 Å². The van der Waals surface area contributed by atoms with Gasteiger partial charge in [0.25, 0.3) is 0 Å². The van der Waals surface area contributed by atoms with Crippen molar-refractivity contribution in [1.29, 1.82) is 0 Å². The summed E-state index contributed by atoms with van der Waals surface area (Å²) in [7, 11) is 1.66. The number of nitro groups is 1. The maximum Gasteiger partial charge on any atom is 0.350 e. The van der Waals surface area contributed by atoms with Crippen LogP contribution in [0, 0.1) is 17.0 Å². The first-order valence-corrected chi connectivity index (χ1v) is 6.25. The Kier molecular flexibility index (Phi) is 2.75. The highest BCUT2D eigenvalue weighted by Gasteiger charge is 2.24. The summed E-state index contributed by atoms with van der Waals surface area (Å²) in [4.78, 5) is 15.3. The summed E-state index contributed by atoms with van der Waals surface area (Å²) < 4.78 is 1.51. The molecule has 0 fully saturated rings. The van der Waals surface area contributed by atoms with Gasteiger partial charge in [0.15, 0.2) is 11.5 Å². The summed E-state index contributed by atoms with van der Waals surface area (Å²) in [6.07, 6.45) is 0. The molecule has 0 bridgehead atoms. The average Bonchev–Trinajstić information content (AvgIpc) is 2.74. The van der Waals surface area contributed by atoms with Crippen LogP contribution < -0.4 is 0 Å². The van der Waals surface area contributed by atoms with E-state index in [1.54, 1.807) is 14.0 Å². The van der Waals surface area contributed by atoms with Crippen molar-refractivity contribution < 1.29 is 4.92 Å². The van der Waals surface area contributed by atoms with E-state index in [4.69, 9.17) is 0 Å². The van der Waals surface area contributed by atoms with E-state index in [2.05, 4.69) is 4.98 Å². The van der Waals surface area contributed by atoms with E-state index in [9.17, 15) is 10.1 Å². The lowest BCUT2D eigenvalue weighted by Crippen LogP contribution is -1.99. The highest BCUT2D eigenvalue weighted by Crippen LogP contribution is 2.34. The molecule has 0 aliphatic rings. The second-order valence-corrected chi connectivity index (χ2v) is 4.67. The van der Waals surface area contributed by atoms with Crippen molar-refractivity contribution in [3.8, 4) is 11.3 Å². The van der Waals surface area contributed by atoms with Crippen molar-refractivity contribution in [3.63, 3.8) is 0 Å². The van der Waals surface area contributed by atoms with Crippen molar-refractivity contribution in [2.75, 3.05) is 0 Å². The van der Waals surface area contributed by atoms with Gasteiger partial charge in [0, 0.05) is 12.5 Å². The van der Waals surface area contributed by atoms with Crippen molar-refractivity contribution >= 4 is 16.6 Å². The van der Waals surface area contributed by atoms with E-state index in [0.717, 1.165) is 16.3 Å². The normalized spacial score (nSPS) is 10.9. The fourth-order valence-electron chi connectivity index (χ4n) is 2.42. The number of benzene rings is 2. The minimum Gasteiger partial charge on any atom is -0.358 e. The van der Waals surface area contributed by atoms with Crippen LogP contribution in [0.15, 0.2) is 42.5 Å². The zero-order valence-corrected chi connectivity index (χ0v) is 11.2. The van der Waals surface area contributed by atoms with E-state index in [1.807, 2.05) is 42.5 Å². The van der Waals surface area contributed by atoms with Crippen molar-refractivity contribution in [3.05, 3.63) is 58.4 Å². The number of rotatable bonds is 2. The van der Waals surface area contributed by atoms with Crippen molar-refractivity contribution in [2.24, 2.45) is 7.05 Å². The standard InChI is InChI=1S/C15H13N3O2/c1-10-16-14(15(17(10)2)18(19)20)13-9-5-7-11-6-3-4-8-12(11)13/h3-9H,1-2H3. The Labute approximate surface area is 115 Å². The molecule has 0 saturated heterocycles. The Bertz CT molecular complexity index is 816. The Balaban J connectivity index is 2.37. The van der Waals surface area contributed by atoms with Crippen LogP contribution in [0.3, 0.4) is 0 Å². The average molecular weight is 267 g/mol. The van der Waals surface area contributed by atoms with E-state index in [0.29, 0.717) is 11.5 Å². The van der Waals surface area contributed by atoms with Gasteiger partial charge in [-0.2, -0.15) is 0 Å². The van der Waals surface area contributed by atoms with Crippen LogP contribution in [0.4, 0.5) is 5.82 Å². The van der Waals surface area contributed by atoms with Gasteiger partial charge in [-0.3, -0.25) is 0 Å². The lowest BCUT2D eigenvalue weighted by molar-refractivity contribution is -0.391. The van der Waals surface area contributed by atoms with Crippen molar-refractivity contribution in [2.45, 2.75) is 6.92 Å². The zero-order valence-electron chi connectivity index (χ0n) is 11.2. The highest BCUT2D eigenvalue weighted by atomic mass is 16.6. The largest absolute Gasteiger partial charge is 0.358 e. The fourth-order valence-corrected chi connectivity index (χ4v) is 2.42. The molecule has 0 unspecified atom stereocenters. The number of nitrogens with zero attached hydrogens (tertiary/aromatic N) is 3. The number of hydrogen-bond donors (Lipinski definition) is 0. The van der Waals surface area contributed by atoms with Gasteiger partial charge in [-0.05, 0) is 15.7 Å². The molecule has 5 nitrogen and oxygen atoms in total. The van der Waals surface area contributed by atoms with Gasteiger partial charge in [0.1, 0.15) is 0 Å². The molecule has 0 spiro atoms. The summed E-state index contributed by atoms with van der Waals surface area (Å²) in [5.41, 5.74) is 1.21. The first-order chi connectivity index (χ1) is 9.59. The highest BCUT2D eigenvalue weighted by molar-refractivity contribution is 5.97. The molecule has 100 valence electrons. The number of aryl methyl sites for hydroxylation is 1. The SMILES string of the molecule is Cc1nc(-c2cccc3ccccc23)c([N+](=O)[O-])n1C. The summed E-state index contributed by atoms with van der Waals surface area (Å²) in [5, 5.41) is 13.3. The van der Waals surface area contributed by atoms with E-state index in [-0.39, 0.29) is 10.7 Å². The number of aromatic nitrogens is 2. The molecule has 5 heteroatoms. The van der Waals surface area contributed by atoms with Crippen LogP contribution in [-0.2, 0) is 7.05 Å². The fraction of sp³-hybridized carbons (Fsp3) is 0.133. The van der Waals surface area contributed by atoms with E-state index < -0.39 is 0 Å². The van der Waals surface area contributed by atoms with Crippen LogP contribution >= 0.6 is 0 Å². The maximum absolute atomic E-state index is 11.3. The molecule has 0 amide bonds. The quantitative estimate of drug-likeness (QED) is 0.527. The molecule has 3 aromatic rings. The summed E-state index contributed by atoms with van der Waals surface area (Å²) in [5.74, 6) is 0.651. The van der Waals surface area contributed by atoms with Crippen molar-refractivity contribution in [1.82, 2.24) is 9.55 Å². The molecule has 3 rings (SSSR count). The predicted molar refractivity (Wildman–Crippen MR) is 77.5 cm³/mol. The third-order valence-corrected chi connectivity index (χ3v) is 3.51. The van der Waals surface area contributed by atoms with Gasteiger partial charge in [-0.1, -0.05) is 42.5 Å². The minimum atomic E-state index is -0.378. The topological polar surface area (TPSA) is 61.0 Å².